The van der Waals surface area contributed by atoms with Crippen LogP contribution in [0, 0.1) is 5.82 Å². The highest BCUT2D eigenvalue weighted by Gasteiger charge is 2.28. The van der Waals surface area contributed by atoms with E-state index in [0.29, 0.717) is 24.3 Å². The van der Waals surface area contributed by atoms with Crippen LogP contribution in [0.3, 0.4) is 0 Å². The van der Waals surface area contributed by atoms with Crippen molar-refractivity contribution in [3.05, 3.63) is 60.4 Å². The first-order chi connectivity index (χ1) is 26.0. The van der Waals surface area contributed by atoms with E-state index in [1.54, 1.807) is 0 Å². The van der Waals surface area contributed by atoms with E-state index in [1.807, 2.05) is 0 Å². The maximum absolute atomic E-state index is 14.8. The van der Waals surface area contributed by atoms with Crippen molar-refractivity contribution in [1.82, 2.24) is 0 Å². The SMILES string of the molecule is Nc1c(N=Nc2ccc(S(=O)(=O)CCOS(=O)(=O)O)cc2)c(S(=O)(=O)O)cc2cc(S(=O)(=O)O)c(N=Nc3ccc(S(=O)(=O)CCOS(=O)(=O)O)c(F)c3)c(O)c12. The lowest BCUT2D eigenvalue weighted by Crippen LogP contribution is -2.16. The van der Waals surface area contributed by atoms with Crippen LogP contribution in [-0.2, 0) is 69.1 Å². The zero-order valence-corrected chi connectivity index (χ0v) is 32.6. The van der Waals surface area contributed by atoms with Gasteiger partial charge in [0.05, 0.1) is 52.1 Å². The summed E-state index contributed by atoms with van der Waals surface area (Å²) in [7, 11) is -29.3. The summed E-state index contributed by atoms with van der Waals surface area (Å²) in [4.78, 5) is -3.71. The van der Waals surface area contributed by atoms with Crippen molar-refractivity contribution in [3.63, 3.8) is 0 Å². The van der Waals surface area contributed by atoms with Gasteiger partial charge in [0.15, 0.2) is 25.4 Å². The molecule has 0 spiro atoms. The molecule has 310 valence electrons. The van der Waals surface area contributed by atoms with Crippen molar-refractivity contribution in [2.45, 2.75) is 19.6 Å². The van der Waals surface area contributed by atoms with E-state index in [-0.39, 0.29) is 10.6 Å². The van der Waals surface area contributed by atoms with Gasteiger partial charge in [-0.25, -0.2) is 29.6 Å². The molecule has 0 saturated carbocycles. The van der Waals surface area contributed by atoms with Crippen molar-refractivity contribution in [2.75, 3.05) is 30.5 Å². The third-order valence-corrected chi connectivity index (χ3v) is 13.1. The first kappa shape index (κ1) is 45.0. The Morgan fingerprint density at radius 1 is 0.579 bits per heavy atom. The van der Waals surface area contributed by atoms with Gasteiger partial charge in [0.25, 0.3) is 20.2 Å². The largest absolute Gasteiger partial charge is 0.505 e. The zero-order chi connectivity index (χ0) is 42.9. The van der Waals surface area contributed by atoms with Gasteiger partial charge in [0.1, 0.15) is 31.9 Å². The van der Waals surface area contributed by atoms with E-state index in [1.165, 1.54) is 0 Å². The van der Waals surface area contributed by atoms with Gasteiger partial charge >= 0.3 is 20.8 Å². The van der Waals surface area contributed by atoms with E-state index < -0.39 is 145 Å². The van der Waals surface area contributed by atoms with Crippen LogP contribution >= 0.6 is 0 Å². The summed E-state index contributed by atoms with van der Waals surface area (Å²) in [5, 5.41) is 24.5. The molecule has 0 saturated heterocycles. The molecule has 4 aromatic carbocycles. The summed E-state index contributed by atoms with van der Waals surface area (Å²) < 4.78 is 202. The standard InChI is InChI=1S/C26H24FN5O19S6/c27-18-13-16(3-6-19(18)53(36,37)10-8-51-57(47,48)49)30-32-25-21(55(41,42)43)12-14-11-20(54(38,39)40)24(23(28)22(14)26(25)33)31-29-15-1-4-17(5-2-15)52(34,35)9-7-50-56(44,45)46/h1-6,11-13,33H,7-10,28H2,(H,38,39,40)(H,41,42,43)(H,44,45,46)(H,47,48,49). The molecule has 0 aliphatic carbocycles. The Morgan fingerprint density at radius 2 is 1.04 bits per heavy atom. The van der Waals surface area contributed by atoms with Gasteiger partial charge in [-0.05, 0) is 53.9 Å². The number of halogens is 1. The molecule has 4 aromatic rings. The molecule has 4 rings (SSSR count). The minimum atomic E-state index is -5.37. The number of anilines is 1. The quantitative estimate of drug-likeness (QED) is 0.0534. The predicted octanol–water partition coefficient (Wildman–Crippen LogP) is 2.78. The van der Waals surface area contributed by atoms with Crippen LogP contribution in [0.4, 0.5) is 32.8 Å². The van der Waals surface area contributed by atoms with Crippen molar-refractivity contribution in [3.8, 4) is 5.75 Å². The number of aromatic hydroxyl groups is 1. The third kappa shape index (κ3) is 11.5. The summed E-state index contributed by atoms with van der Waals surface area (Å²) in [6.45, 7) is -2.01. The summed E-state index contributed by atoms with van der Waals surface area (Å²) in [5.74, 6) is -4.68. The molecule has 0 aliphatic heterocycles. The average Bonchev–Trinajstić information content (AvgIpc) is 3.05. The molecule has 0 aromatic heterocycles. The minimum absolute atomic E-state index is 0.179. The summed E-state index contributed by atoms with van der Waals surface area (Å²) in [6, 6.07) is 7.12. The average molecular weight is 922 g/mol. The molecule has 31 heteroatoms. The molecular weight excluding hydrogens is 898 g/mol. The first-order valence-electron chi connectivity index (χ1n) is 14.5. The number of azo groups is 2. The predicted molar refractivity (Wildman–Crippen MR) is 190 cm³/mol. The first-order valence-corrected chi connectivity index (χ1v) is 23.4. The second-order valence-corrected chi connectivity index (χ2v) is 20.1. The van der Waals surface area contributed by atoms with Gasteiger partial charge in [0, 0.05) is 6.07 Å². The van der Waals surface area contributed by atoms with Crippen LogP contribution in [0.25, 0.3) is 10.8 Å². The number of rotatable bonds is 16. The van der Waals surface area contributed by atoms with Gasteiger partial charge in [-0.1, -0.05) is 0 Å². The molecular formula is C26H24FN5O19S6. The van der Waals surface area contributed by atoms with Gasteiger partial charge < -0.3 is 10.8 Å². The van der Waals surface area contributed by atoms with Crippen LogP contribution < -0.4 is 5.73 Å². The smallest absolute Gasteiger partial charge is 0.397 e. The number of fused-ring (bicyclic) bond motifs is 1. The number of nitrogens with two attached hydrogens (primary N) is 1. The Morgan fingerprint density at radius 3 is 1.53 bits per heavy atom. The third-order valence-electron chi connectivity index (χ3n) is 7.02. The van der Waals surface area contributed by atoms with Crippen molar-refractivity contribution < 1.29 is 86.6 Å². The highest BCUT2D eigenvalue weighted by molar-refractivity contribution is 7.91. The fourth-order valence-corrected chi connectivity index (χ4v) is 8.94. The normalized spacial score (nSPS) is 13.6. The Balaban J connectivity index is 1.78. The molecule has 0 unspecified atom stereocenters. The molecule has 0 aliphatic rings. The molecule has 0 fully saturated rings. The van der Waals surface area contributed by atoms with Crippen LogP contribution in [0.15, 0.2) is 94.6 Å². The van der Waals surface area contributed by atoms with E-state index >= 15 is 0 Å². The maximum Gasteiger partial charge on any atom is 0.397 e. The number of phenolic OH excluding ortho intramolecular Hbond substituents is 1. The van der Waals surface area contributed by atoms with Crippen LogP contribution in [0.1, 0.15) is 0 Å². The molecule has 0 atom stereocenters. The second kappa shape index (κ2) is 16.3. The second-order valence-electron chi connectivity index (χ2n) is 10.9. The van der Waals surface area contributed by atoms with E-state index in [0.717, 1.165) is 30.3 Å². The fraction of sp³-hybridized carbons (Fsp3) is 0.154. The topological polar surface area (TPSA) is 400 Å². The van der Waals surface area contributed by atoms with Gasteiger partial charge in [-0.15, -0.1) is 10.2 Å². The van der Waals surface area contributed by atoms with Crippen molar-refractivity contribution in [1.29, 1.82) is 0 Å². The number of hydrogen-bond acceptors (Lipinski definition) is 20. The number of hydrogen-bond donors (Lipinski definition) is 6. The molecule has 0 heterocycles. The zero-order valence-electron chi connectivity index (χ0n) is 27.7. The monoisotopic (exact) mass is 921 g/mol. The number of nitrogens with zero attached hydrogens (tertiary/aromatic N) is 4. The van der Waals surface area contributed by atoms with Crippen molar-refractivity contribution >= 4 is 99.9 Å². The molecule has 7 N–H and O–H groups in total. The summed E-state index contributed by atoms with van der Waals surface area (Å²) in [6.07, 6.45) is 0. The summed E-state index contributed by atoms with van der Waals surface area (Å²) >= 11 is 0. The lowest BCUT2D eigenvalue weighted by molar-refractivity contribution is 0.282. The number of sulfone groups is 2. The Hall–Kier alpha value is -4.67. The molecule has 24 nitrogen and oxygen atoms in total. The lowest BCUT2D eigenvalue weighted by Gasteiger charge is -2.14. The van der Waals surface area contributed by atoms with E-state index in [2.05, 4.69) is 28.8 Å². The summed E-state index contributed by atoms with van der Waals surface area (Å²) in [5.41, 5.74) is 2.65. The fourth-order valence-electron chi connectivity index (χ4n) is 4.57. The number of nitrogen functional groups attached to an aromatic ring is 1. The van der Waals surface area contributed by atoms with Gasteiger partial charge in [-0.3, -0.25) is 18.2 Å². The van der Waals surface area contributed by atoms with E-state index in [4.69, 9.17) is 14.8 Å². The van der Waals surface area contributed by atoms with E-state index in [9.17, 15) is 69.1 Å². The highest BCUT2D eigenvalue weighted by atomic mass is 32.3. The van der Waals surface area contributed by atoms with Crippen LogP contribution in [0.2, 0.25) is 0 Å². The number of benzene rings is 4. The molecule has 0 radical (unpaired) electrons. The van der Waals surface area contributed by atoms with Crippen LogP contribution in [0.5, 0.6) is 5.75 Å². The Bertz CT molecular complexity index is 3010. The van der Waals surface area contributed by atoms with Gasteiger partial charge in [-0.2, -0.15) is 43.9 Å². The molecule has 0 amide bonds. The molecule has 57 heavy (non-hydrogen) atoms. The highest BCUT2D eigenvalue weighted by Crippen LogP contribution is 2.48. The minimum Gasteiger partial charge on any atom is -0.505 e. The lowest BCUT2D eigenvalue weighted by atomic mass is 10.1. The Labute approximate surface area is 321 Å². The van der Waals surface area contributed by atoms with Crippen LogP contribution in [-0.4, -0.2) is 98.5 Å². The maximum atomic E-state index is 14.8. The Kier molecular flexibility index (Phi) is 12.9. The van der Waals surface area contributed by atoms with Crippen molar-refractivity contribution in [2.24, 2.45) is 20.5 Å². The van der Waals surface area contributed by atoms with Gasteiger partial charge in [0.2, 0.25) is 0 Å². The molecule has 0 bridgehead atoms. The number of phenols is 1.